The zero-order valence-electron chi connectivity index (χ0n) is 26.0. The molecule has 3 heterocycles. The van der Waals surface area contributed by atoms with Crippen LogP contribution in [-0.2, 0) is 0 Å². The summed E-state index contributed by atoms with van der Waals surface area (Å²) in [6.07, 6.45) is 7.45. The molecule has 0 aromatic carbocycles. The lowest BCUT2D eigenvalue weighted by Crippen LogP contribution is -2.65. The molecule has 4 bridgehead atoms. The van der Waals surface area contributed by atoms with Crippen LogP contribution < -0.4 is 27.3 Å². The van der Waals surface area contributed by atoms with Gasteiger partial charge in [-0.1, -0.05) is 0 Å². The summed E-state index contributed by atoms with van der Waals surface area (Å²) in [4.78, 5) is 75.5. The minimum Gasteiger partial charge on any atom is -0.501 e. The summed E-state index contributed by atoms with van der Waals surface area (Å²) < 4.78 is 15.5. The summed E-state index contributed by atoms with van der Waals surface area (Å²) in [5.74, 6) is -5.55. The molecule has 14 heteroatoms. The van der Waals surface area contributed by atoms with E-state index in [-0.39, 0.29) is 19.4 Å². The number of aromatic hydroxyl groups is 3. The van der Waals surface area contributed by atoms with E-state index < -0.39 is 89.9 Å². The number of hydrogen-bond donors (Lipinski definition) is 5. The monoisotopic (exact) mass is 664 g/mol. The van der Waals surface area contributed by atoms with Crippen LogP contribution in [0.4, 0.5) is 0 Å². The van der Waals surface area contributed by atoms with E-state index in [1.807, 2.05) is 0 Å². The zero-order chi connectivity index (χ0) is 34.5. The van der Waals surface area contributed by atoms with E-state index in [2.05, 4.69) is 5.32 Å². The van der Waals surface area contributed by atoms with Gasteiger partial charge in [0, 0.05) is 37.6 Å². The van der Waals surface area contributed by atoms with Crippen molar-refractivity contribution in [2.24, 2.45) is 27.4 Å². The molecule has 4 fully saturated rings. The Morgan fingerprint density at radius 2 is 1.00 bits per heavy atom. The molecular formula is C34H36N2O12. The van der Waals surface area contributed by atoms with Gasteiger partial charge in [0.25, 0.3) is 5.91 Å². The molecule has 1 amide bonds. The maximum absolute atomic E-state index is 13.2. The van der Waals surface area contributed by atoms with E-state index in [1.54, 1.807) is 0 Å². The molecule has 0 radical (unpaired) electrons. The molecule has 4 aliphatic carbocycles. The molecule has 7 rings (SSSR count). The van der Waals surface area contributed by atoms with E-state index in [0.29, 0.717) is 57.9 Å². The number of nitrogens with one attached hydrogen (secondary N) is 1. The van der Waals surface area contributed by atoms with Crippen molar-refractivity contribution >= 4 is 17.5 Å². The second-order valence-electron chi connectivity index (χ2n) is 14.2. The average Bonchev–Trinajstić information content (AvgIpc) is 3.05. The SMILES string of the molecule is NCC12CC3(CNC(=O)c4occc(=O)c4O)C[C@](CCC(=O)c4occc(=O)c4O)(C1)C[C@](CCC(=O)c1occc(=O)c1O)(C2)C3. The lowest BCUT2D eigenvalue weighted by Gasteiger charge is -2.71. The molecule has 4 atom stereocenters. The summed E-state index contributed by atoms with van der Waals surface area (Å²) in [6.45, 7) is 0.421. The van der Waals surface area contributed by atoms with Crippen molar-refractivity contribution in [1.82, 2.24) is 5.32 Å². The number of Topliss-reactive ketones (excluding diaryl/α,β-unsaturated/α-hetero) is 2. The predicted octanol–water partition coefficient (Wildman–Crippen LogP) is 3.00. The van der Waals surface area contributed by atoms with Crippen LogP contribution in [0.3, 0.4) is 0 Å². The Morgan fingerprint density at radius 1 is 0.625 bits per heavy atom. The van der Waals surface area contributed by atoms with Crippen molar-refractivity contribution in [3.8, 4) is 17.2 Å². The van der Waals surface area contributed by atoms with Gasteiger partial charge < -0.3 is 39.6 Å². The van der Waals surface area contributed by atoms with Crippen LogP contribution in [-0.4, -0.2) is 45.9 Å². The van der Waals surface area contributed by atoms with Crippen molar-refractivity contribution in [3.63, 3.8) is 0 Å². The van der Waals surface area contributed by atoms with Crippen LogP contribution in [0.2, 0.25) is 0 Å². The van der Waals surface area contributed by atoms with Crippen LogP contribution in [0.25, 0.3) is 0 Å². The molecule has 0 saturated heterocycles. The van der Waals surface area contributed by atoms with Gasteiger partial charge in [0.1, 0.15) is 0 Å². The molecule has 48 heavy (non-hydrogen) atoms. The molecule has 2 unspecified atom stereocenters. The first-order chi connectivity index (χ1) is 22.7. The number of hydrogen-bond acceptors (Lipinski definition) is 13. The number of rotatable bonds is 12. The molecular weight excluding hydrogens is 628 g/mol. The Hall–Kier alpha value is -4.98. The van der Waals surface area contributed by atoms with Crippen LogP contribution in [0.1, 0.15) is 95.9 Å². The average molecular weight is 665 g/mol. The fourth-order valence-electron chi connectivity index (χ4n) is 9.58. The molecule has 4 saturated carbocycles. The summed E-state index contributed by atoms with van der Waals surface area (Å²) in [7, 11) is 0. The van der Waals surface area contributed by atoms with Crippen LogP contribution in [0.15, 0.2) is 64.6 Å². The standard InChI is InChI=1S/C34H36N2O12/c35-17-33-12-31(6-1-22(40)27-24(42)19(37)3-8-46-27)11-32(13-33,7-2-23(41)28-25(43)20(38)4-9-47-28)15-34(14-31,16-33)18-36-30(45)29-26(44)21(39)5-10-48-29/h3-5,8-10,42-44H,1-2,6-7,11-18,35H2,(H,36,45)/t31-,32+,33?,34?. The highest BCUT2D eigenvalue weighted by Gasteiger charge is 2.67. The third-order valence-electron chi connectivity index (χ3n) is 10.6. The number of carbonyl (C=O) groups excluding carboxylic acids is 3. The van der Waals surface area contributed by atoms with Gasteiger partial charge >= 0.3 is 0 Å². The van der Waals surface area contributed by atoms with Gasteiger partial charge in [-0.15, -0.1) is 0 Å². The molecule has 14 nitrogen and oxygen atoms in total. The molecule has 0 aliphatic heterocycles. The second-order valence-corrected chi connectivity index (χ2v) is 14.2. The highest BCUT2D eigenvalue weighted by atomic mass is 16.4. The van der Waals surface area contributed by atoms with E-state index in [4.69, 9.17) is 19.0 Å². The van der Waals surface area contributed by atoms with Crippen LogP contribution >= 0.6 is 0 Å². The fraction of sp³-hybridized carbons (Fsp3) is 0.471. The molecule has 4 aliphatic rings. The quantitative estimate of drug-likeness (QED) is 0.175. The minimum atomic E-state index is -0.810. The van der Waals surface area contributed by atoms with E-state index in [0.717, 1.165) is 37.0 Å². The molecule has 0 spiro atoms. The zero-order valence-corrected chi connectivity index (χ0v) is 26.0. The Balaban J connectivity index is 1.31. The largest absolute Gasteiger partial charge is 0.501 e. The second kappa shape index (κ2) is 11.9. The summed E-state index contributed by atoms with van der Waals surface area (Å²) in [5.41, 5.74) is 2.27. The first-order valence-corrected chi connectivity index (χ1v) is 15.7. The molecule has 3 aromatic rings. The normalized spacial score (nSPS) is 27.1. The third kappa shape index (κ3) is 5.84. The molecule has 3 aromatic heterocycles. The first kappa shape index (κ1) is 32.9. The number of carbonyl (C=O) groups is 3. The van der Waals surface area contributed by atoms with Gasteiger partial charge in [0.05, 0.1) is 18.8 Å². The number of amides is 1. The Kier molecular flexibility index (Phi) is 8.18. The third-order valence-corrected chi connectivity index (χ3v) is 10.6. The summed E-state index contributed by atoms with van der Waals surface area (Å²) in [5, 5.41) is 33.4. The van der Waals surface area contributed by atoms with Crippen LogP contribution in [0, 0.1) is 21.7 Å². The smallest absolute Gasteiger partial charge is 0.291 e. The minimum absolute atomic E-state index is 0.0509. The number of ketones is 2. The van der Waals surface area contributed by atoms with E-state index in [1.165, 1.54) is 0 Å². The molecule has 254 valence electrons. The number of nitrogens with two attached hydrogens (primary N) is 1. The van der Waals surface area contributed by atoms with Crippen LogP contribution in [0.5, 0.6) is 17.2 Å². The lowest BCUT2D eigenvalue weighted by atomic mass is 9.34. The van der Waals surface area contributed by atoms with Crippen molar-refractivity contribution in [2.45, 2.75) is 64.2 Å². The van der Waals surface area contributed by atoms with Gasteiger partial charge in [-0.25, -0.2) is 0 Å². The van der Waals surface area contributed by atoms with Gasteiger partial charge in [-0.05, 0) is 79.6 Å². The highest BCUT2D eigenvalue weighted by molar-refractivity contribution is 5.96. The summed E-state index contributed by atoms with van der Waals surface area (Å²) in [6, 6.07) is 3.02. The van der Waals surface area contributed by atoms with Crippen molar-refractivity contribution in [2.75, 3.05) is 13.1 Å². The highest BCUT2D eigenvalue weighted by Crippen LogP contribution is 2.75. The maximum Gasteiger partial charge on any atom is 0.291 e. The first-order valence-electron chi connectivity index (χ1n) is 15.7. The van der Waals surface area contributed by atoms with Crippen molar-refractivity contribution in [1.29, 1.82) is 0 Å². The Labute approximate surface area is 272 Å². The van der Waals surface area contributed by atoms with Gasteiger partial charge in [0.2, 0.25) is 62.4 Å². The predicted molar refractivity (Wildman–Crippen MR) is 166 cm³/mol. The lowest BCUT2D eigenvalue weighted by molar-refractivity contribution is -0.200. The van der Waals surface area contributed by atoms with Gasteiger partial charge in [-0.2, -0.15) is 0 Å². The van der Waals surface area contributed by atoms with E-state index >= 15 is 0 Å². The summed E-state index contributed by atoms with van der Waals surface area (Å²) >= 11 is 0. The Morgan fingerprint density at radius 3 is 1.46 bits per heavy atom. The fourth-order valence-corrected chi connectivity index (χ4v) is 9.58. The van der Waals surface area contributed by atoms with Gasteiger partial charge in [-0.3, -0.25) is 28.8 Å². The molecule has 6 N–H and O–H groups in total. The Bertz CT molecular complexity index is 1740. The van der Waals surface area contributed by atoms with Crippen molar-refractivity contribution < 1.29 is 43.0 Å². The maximum atomic E-state index is 13.2. The topological polar surface area (TPSA) is 241 Å². The van der Waals surface area contributed by atoms with Gasteiger partial charge in [0.15, 0.2) is 0 Å². The van der Waals surface area contributed by atoms with Crippen molar-refractivity contribution in [3.05, 3.63) is 84.9 Å². The van der Waals surface area contributed by atoms with E-state index in [9.17, 15) is 44.1 Å².